The largest absolute Gasteiger partial charge is 0.497 e. The number of nitrogens with zero attached hydrogens (tertiary/aromatic N) is 2. The Morgan fingerprint density at radius 1 is 0.976 bits per heavy atom. The van der Waals surface area contributed by atoms with Crippen LogP contribution >= 0.6 is 0 Å². The number of methoxy groups -OCH3 is 1. The normalized spacial score (nSPS) is 24.5. The Morgan fingerprint density at radius 3 is 2.33 bits per heavy atom. The topological polar surface area (TPSA) is 108 Å². The van der Waals surface area contributed by atoms with Crippen molar-refractivity contribution in [1.29, 1.82) is 0 Å². The maximum absolute atomic E-state index is 14.6. The number of anilines is 3. The Balaban J connectivity index is 1.39. The Morgan fingerprint density at radius 2 is 1.67 bits per heavy atom. The van der Waals surface area contributed by atoms with Crippen LogP contribution in [0.5, 0.6) is 5.75 Å². The molecule has 0 unspecified atom stereocenters. The van der Waals surface area contributed by atoms with Gasteiger partial charge in [-0.05, 0) is 61.7 Å². The first kappa shape index (κ1) is 27.7. The van der Waals surface area contributed by atoms with Gasteiger partial charge in [-0.2, -0.15) is 0 Å². The number of hydrogen-bond donors (Lipinski definition) is 2. The average molecular weight is 567 g/mol. The third-order valence-corrected chi connectivity index (χ3v) is 8.56. The molecule has 0 aliphatic carbocycles. The highest BCUT2D eigenvalue weighted by Crippen LogP contribution is 2.55. The number of carbonyl (C=O) groups excluding carboxylic acids is 4. The third-order valence-electron chi connectivity index (χ3n) is 8.56. The molecule has 0 bridgehead atoms. The second-order valence-electron chi connectivity index (χ2n) is 11.7. The van der Waals surface area contributed by atoms with Crippen molar-refractivity contribution in [3.05, 3.63) is 83.9 Å². The summed E-state index contributed by atoms with van der Waals surface area (Å²) in [5.74, 6) is -2.40. The van der Waals surface area contributed by atoms with Crippen LogP contribution in [0.25, 0.3) is 0 Å². The zero-order chi connectivity index (χ0) is 29.8. The number of hydrogen-bond acceptors (Lipinski definition) is 6. The highest BCUT2D eigenvalue weighted by atomic mass is 16.5. The molecule has 9 nitrogen and oxygen atoms in total. The van der Waals surface area contributed by atoms with Gasteiger partial charge in [-0.3, -0.25) is 24.5 Å². The molecule has 1 spiro atoms. The fraction of sp³-hybridized carbons (Fsp3) is 0.333. The van der Waals surface area contributed by atoms with Crippen molar-refractivity contribution in [1.82, 2.24) is 5.32 Å². The standard InChI is InChI=1S/C33H34N4O5/c1-19(2)17-25-28-29(31(40)37(30(28)39)22-13-15-23(42-4)16-14-22)33(35-25)24-7-5-6-8-26(24)36(32(33)41)18-27(38)34-21-11-9-20(3)10-12-21/h5-16,19,25,28-29,35H,17-18H2,1-4H3,(H,34,38)/t25-,28+,29+,33+/m1/s1. The summed E-state index contributed by atoms with van der Waals surface area (Å²) in [5, 5.41) is 6.37. The lowest BCUT2D eigenvalue weighted by molar-refractivity contribution is -0.132. The molecule has 4 atom stereocenters. The minimum Gasteiger partial charge on any atom is -0.497 e. The number of rotatable bonds is 7. The lowest BCUT2D eigenvalue weighted by Gasteiger charge is -2.31. The van der Waals surface area contributed by atoms with Gasteiger partial charge in [0, 0.05) is 23.0 Å². The summed E-state index contributed by atoms with van der Waals surface area (Å²) < 4.78 is 5.26. The maximum Gasteiger partial charge on any atom is 0.253 e. The summed E-state index contributed by atoms with van der Waals surface area (Å²) in [5.41, 5.74) is 1.82. The number of ether oxygens (including phenoxy) is 1. The number of fused-ring (bicyclic) bond motifs is 4. The minimum absolute atomic E-state index is 0.208. The van der Waals surface area contributed by atoms with Crippen molar-refractivity contribution in [2.24, 2.45) is 17.8 Å². The summed E-state index contributed by atoms with van der Waals surface area (Å²) in [6.07, 6.45) is 0.599. The molecule has 216 valence electrons. The molecule has 3 aromatic rings. The van der Waals surface area contributed by atoms with Crippen LogP contribution in [0.3, 0.4) is 0 Å². The fourth-order valence-electron chi connectivity index (χ4n) is 6.78. The number of carbonyl (C=O) groups is 4. The third kappa shape index (κ3) is 4.27. The first-order valence-electron chi connectivity index (χ1n) is 14.2. The van der Waals surface area contributed by atoms with E-state index in [2.05, 4.69) is 24.5 Å². The minimum atomic E-state index is -1.47. The van der Waals surface area contributed by atoms with E-state index in [4.69, 9.17) is 4.74 Å². The molecule has 2 N–H and O–H groups in total. The molecule has 3 aliphatic heterocycles. The quantitative estimate of drug-likeness (QED) is 0.419. The molecule has 3 heterocycles. The monoisotopic (exact) mass is 566 g/mol. The summed E-state index contributed by atoms with van der Waals surface area (Å²) in [7, 11) is 1.55. The van der Waals surface area contributed by atoms with Crippen molar-refractivity contribution in [3.63, 3.8) is 0 Å². The Labute approximate surface area is 244 Å². The van der Waals surface area contributed by atoms with E-state index in [0.717, 1.165) is 5.56 Å². The van der Waals surface area contributed by atoms with Crippen LogP contribution in [0, 0.1) is 24.7 Å². The number of aryl methyl sites for hydroxylation is 1. The SMILES string of the molecule is COc1ccc(N2C(=O)[C@@H]3[C@@H](C2=O)[C@]2(N[C@@H]3CC(C)C)C(=O)N(CC(=O)Nc3ccc(C)cc3)c3ccccc32)cc1. The van der Waals surface area contributed by atoms with Crippen molar-refractivity contribution in [3.8, 4) is 5.75 Å². The summed E-state index contributed by atoms with van der Waals surface area (Å²) in [6, 6.07) is 21.0. The lowest BCUT2D eigenvalue weighted by Crippen LogP contribution is -2.56. The summed E-state index contributed by atoms with van der Waals surface area (Å²) in [6.45, 7) is 5.83. The van der Waals surface area contributed by atoms with Crippen LogP contribution in [0.2, 0.25) is 0 Å². The van der Waals surface area contributed by atoms with Crippen LogP contribution in [0.1, 0.15) is 31.4 Å². The molecule has 2 saturated heterocycles. The highest BCUT2D eigenvalue weighted by Gasteiger charge is 2.71. The zero-order valence-corrected chi connectivity index (χ0v) is 24.1. The molecule has 0 radical (unpaired) electrons. The highest BCUT2D eigenvalue weighted by molar-refractivity contribution is 6.26. The Kier molecular flexibility index (Phi) is 6.85. The van der Waals surface area contributed by atoms with E-state index in [1.54, 1.807) is 43.5 Å². The van der Waals surface area contributed by atoms with Crippen LogP contribution in [-0.4, -0.2) is 43.3 Å². The van der Waals surface area contributed by atoms with E-state index in [0.29, 0.717) is 34.8 Å². The van der Waals surface area contributed by atoms with E-state index in [-0.39, 0.29) is 24.3 Å². The van der Waals surface area contributed by atoms with Gasteiger partial charge in [0.1, 0.15) is 17.8 Å². The van der Waals surface area contributed by atoms with Crippen LogP contribution < -0.4 is 25.2 Å². The fourth-order valence-corrected chi connectivity index (χ4v) is 6.78. The first-order valence-corrected chi connectivity index (χ1v) is 14.2. The molecule has 42 heavy (non-hydrogen) atoms. The molecule has 4 amide bonds. The van der Waals surface area contributed by atoms with Crippen LogP contribution in [0.4, 0.5) is 17.1 Å². The van der Waals surface area contributed by atoms with Gasteiger partial charge < -0.3 is 15.0 Å². The zero-order valence-electron chi connectivity index (χ0n) is 24.1. The molecule has 3 aliphatic rings. The molecule has 0 saturated carbocycles. The van der Waals surface area contributed by atoms with Gasteiger partial charge in [-0.15, -0.1) is 0 Å². The van der Waals surface area contributed by atoms with E-state index in [1.165, 1.54) is 9.80 Å². The van der Waals surface area contributed by atoms with Crippen molar-refractivity contribution in [2.45, 2.75) is 38.8 Å². The number of imide groups is 1. The Hall–Kier alpha value is -4.50. The first-order chi connectivity index (χ1) is 20.1. The molecular weight excluding hydrogens is 532 g/mol. The van der Waals surface area contributed by atoms with Gasteiger partial charge >= 0.3 is 0 Å². The van der Waals surface area contributed by atoms with Gasteiger partial charge in [0.15, 0.2) is 0 Å². The average Bonchev–Trinajstić information content (AvgIpc) is 3.53. The van der Waals surface area contributed by atoms with E-state index in [9.17, 15) is 19.2 Å². The number of amides is 4. The molecule has 2 fully saturated rings. The summed E-state index contributed by atoms with van der Waals surface area (Å²) >= 11 is 0. The summed E-state index contributed by atoms with van der Waals surface area (Å²) in [4.78, 5) is 58.7. The van der Waals surface area contributed by atoms with Gasteiger partial charge in [0.05, 0.1) is 24.6 Å². The lowest BCUT2D eigenvalue weighted by atomic mass is 9.76. The second kappa shape index (κ2) is 10.4. The van der Waals surface area contributed by atoms with E-state index >= 15 is 0 Å². The van der Waals surface area contributed by atoms with Crippen molar-refractivity contribution < 1.29 is 23.9 Å². The van der Waals surface area contributed by atoms with Gasteiger partial charge in [-0.25, -0.2) is 4.90 Å². The smallest absolute Gasteiger partial charge is 0.253 e. The predicted molar refractivity (Wildman–Crippen MR) is 159 cm³/mol. The van der Waals surface area contributed by atoms with Crippen molar-refractivity contribution in [2.75, 3.05) is 28.8 Å². The van der Waals surface area contributed by atoms with Crippen molar-refractivity contribution >= 4 is 40.7 Å². The maximum atomic E-state index is 14.6. The van der Waals surface area contributed by atoms with E-state index in [1.807, 2.05) is 43.3 Å². The molecule has 9 heteroatoms. The second-order valence-corrected chi connectivity index (χ2v) is 11.7. The Bertz CT molecular complexity index is 1570. The molecular formula is C33H34N4O5. The predicted octanol–water partition coefficient (Wildman–Crippen LogP) is 4.01. The number of benzene rings is 3. The van der Waals surface area contributed by atoms with Crippen LogP contribution in [0.15, 0.2) is 72.8 Å². The van der Waals surface area contributed by atoms with Crippen LogP contribution in [-0.2, 0) is 24.7 Å². The number of para-hydroxylation sites is 1. The van der Waals surface area contributed by atoms with Gasteiger partial charge in [0.25, 0.3) is 5.91 Å². The molecule has 3 aromatic carbocycles. The molecule has 0 aromatic heterocycles. The number of nitrogens with one attached hydrogen (secondary N) is 2. The van der Waals surface area contributed by atoms with Gasteiger partial charge in [0.2, 0.25) is 17.7 Å². The van der Waals surface area contributed by atoms with E-state index < -0.39 is 35.2 Å². The molecule has 6 rings (SSSR count). The van der Waals surface area contributed by atoms with Gasteiger partial charge in [-0.1, -0.05) is 49.7 Å².